The second-order valence-corrected chi connectivity index (χ2v) is 4.31. The van der Waals surface area contributed by atoms with Gasteiger partial charge in [0.15, 0.2) is 0 Å². The lowest BCUT2D eigenvalue weighted by molar-refractivity contribution is 0.702. The van der Waals surface area contributed by atoms with Crippen molar-refractivity contribution in [2.75, 3.05) is 0 Å². The summed E-state index contributed by atoms with van der Waals surface area (Å²) in [5.41, 5.74) is 6.85. The van der Waals surface area contributed by atoms with Gasteiger partial charge in [0.1, 0.15) is 5.52 Å². The van der Waals surface area contributed by atoms with E-state index in [1.807, 2.05) is 0 Å². The molecule has 78 valence electrons. The molecule has 0 atom stereocenters. The molecule has 0 bridgehead atoms. The third kappa shape index (κ3) is 2.04. The van der Waals surface area contributed by atoms with Gasteiger partial charge in [-0.05, 0) is 12.1 Å². The molecule has 0 aliphatic rings. The average molecular weight is 261 g/mol. The molecule has 0 aliphatic carbocycles. The van der Waals surface area contributed by atoms with Gasteiger partial charge < -0.3 is 5.73 Å². The Balaban J connectivity index is 2.59. The molecule has 0 saturated heterocycles. The molecular weight excluding hydrogens is 255 g/mol. The van der Waals surface area contributed by atoms with Crippen LogP contribution in [0.25, 0.3) is 11.0 Å². The first-order chi connectivity index (χ1) is 7.08. The molecule has 0 spiro atoms. The van der Waals surface area contributed by atoms with Crippen molar-refractivity contribution in [2.45, 2.75) is 6.54 Å². The lowest BCUT2D eigenvalue weighted by Gasteiger charge is -2.00. The summed E-state index contributed by atoms with van der Waals surface area (Å²) in [6, 6.07) is 3.35. The Morgan fingerprint density at radius 1 is 1.40 bits per heavy atom. The van der Waals surface area contributed by atoms with Gasteiger partial charge in [0.2, 0.25) is 0 Å². The molecule has 1 heterocycles. The molecule has 7 heteroatoms. The van der Waals surface area contributed by atoms with Crippen LogP contribution in [0, 0.1) is 0 Å². The van der Waals surface area contributed by atoms with Crippen molar-refractivity contribution in [2.24, 2.45) is 5.73 Å². The summed E-state index contributed by atoms with van der Waals surface area (Å²) in [4.78, 5) is 0.341. The van der Waals surface area contributed by atoms with E-state index in [1.54, 1.807) is 16.8 Å². The van der Waals surface area contributed by atoms with E-state index in [-0.39, 0.29) is 0 Å². The normalized spacial score (nSPS) is 10.8. The molecule has 0 aliphatic heterocycles. The molecule has 0 radical (unpaired) electrons. The SMILES string of the molecule is NC(=S)Cn1nnc2cc(Cl)c(Cl)cc21. The number of nitrogens with two attached hydrogens (primary N) is 1. The number of halogens is 2. The van der Waals surface area contributed by atoms with Crippen LogP contribution in [0.15, 0.2) is 12.1 Å². The van der Waals surface area contributed by atoms with Crippen molar-refractivity contribution >= 4 is 51.4 Å². The Labute approximate surface area is 101 Å². The van der Waals surface area contributed by atoms with Crippen LogP contribution in [0.4, 0.5) is 0 Å². The highest BCUT2D eigenvalue weighted by Gasteiger charge is 2.08. The third-order valence-corrected chi connectivity index (χ3v) is 2.71. The minimum atomic E-state index is 0.337. The summed E-state index contributed by atoms with van der Waals surface area (Å²) < 4.78 is 1.58. The lowest BCUT2D eigenvalue weighted by Crippen LogP contribution is -2.17. The van der Waals surface area contributed by atoms with Crippen LogP contribution in [0.5, 0.6) is 0 Å². The number of rotatable bonds is 2. The first kappa shape index (κ1) is 10.6. The molecule has 4 nitrogen and oxygen atoms in total. The summed E-state index contributed by atoms with van der Waals surface area (Å²) in [5.74, 6) is 0. The second-order valence-electron chi connectivity index (χ2n) is 2.97. The number of thiocarbonyl (C=S) groups is 1. The molecule has 1 aromatic carbocycles. The maximum Gasteiger partial charge on any atom is 0.114 e. The van der Waals surface area contributed by atoms with Gasteiger partial charge in [0.05, 0.1) is 27.1 Å². The fourth-order valence-corrected chi connectivity index (χ4v) is 1.67. The summed E-state index contributed by atoms with van der Waals surface area (Å²) in [5, 5.41) is 8.73. The molecule has 0 unspecified atom stereocenters. The molecule has 2 rings (SSSR count). The Bertz CT molecular complexity index is 537. The second kappa shape index (κ2) is 3.92. The van der Waals surface area contributed by atoms with Gasteiger partial charge in [0, 0.05) is 0 Å². The highest BCUT2D eigenvalue weighted by molar-refractivity contribution is 7.80. The van der Waals surface area contributed by atoms with E-state index in [1.165, 1.54) is 0 Å². The van der Waals surface area contributed by atoms with Gasteiger partial charge in [0.25, 0.3) is 0 Å². The predicted molar refractivity (Wildman–Crippen MR) is 64.3 cm³/mol. The highest BCUT2D eigenvalue weighted by Crippen LogP contribution is 2.26. The molecule has 2 aromatic rings. The topological polar surface area (TPSA) is 56.7 Å². The van der Waals surface area contributed by atoms with Crippen LogP contribution in [0.1, 0.15) is 0 Å². The number of hydrogen-bond acceptors (Lipinski definition) is 3. The summed E-state index contributed by atoms with van der Waals surface area (Å²) in [6.45, 7) is 0.337. The number of nitrogens with zero attached hydrogens (tertiary/aromatic N) is 3. The molecule has 2 N–H and O–H groups in total. The number of benzene rings is 1. The van der Waals surface area contributed by atoms with E-state index in [9.17, 15) is 0 Å². The van der Waals surface area contributed by atoms with E-state index in [2.05, 4.69) is 10.3 Å². The van der Waals surface area contributed by atoms with Crippen molar-refractivity contribution in [3.8, 4) is 0 Å². The Morgan fingerprint density at radius 2 is 2.07 bits per heavy atom. The highest BCUT2D eigenvalue weighted by atomic mass is 35.5. The van der Waals surface area contributed by atoms with Crippen molar-refractivity contribution in [1.82, 2.24) is 15.0 Å². The first-order valence-electron chi connectivity index (χ1n) is 4.04. The van der Waals surface area contributed by atoms with Crippen molar-refractivity contribution < 1.29 is 0 Å². The zero-order chi connectivity index (χ0) is 11.0. The quantitative estimate of drug-likeness (QED) is 0.840. The van der Waals surface area contributed by atoms with Gasteiger partial charge in [-0.15, -0.1) is 5.10 Å². The van der Waals surface area contributed by atoms with Crippen LogP contribution in [-0.2, 0) is 6.54 Å². The number of fused-ring (bicyclic) bond motifs is 1. The van der Waals surface area contributed by atoms with Crippen molar-refractivity contribution in [3.05, 3.63) is 22.2 Å². The van der Waals surface area contributed by atoms with Gasteiger partial charge in [-0.1, -0.05) is 40.6 Å². The Kier molecular flexibility index (Phi) is 2.77. The fraction of sp³-hybridized carbons (Fsp3) is 0.125. The summed E-state index contributed by atoms with van der Waals surface area (Å²) >= 11 is 16.5. The molecule has 0 saturated carbocycles. The van der Waals surface area contributed by atoms with Crippen LogP contribution >= 0.6 is 35.4 Å². The van der Waals surface area contributed by atoms with E-state index < -0.39 is 0 Å². The molecule has 0 amide bonds. The largest absolute Gasteiger partial charge is 0.392 e. The predicted octanol–water partition coefficient (Wildman–Crippen LogP) is 2.02. The van der Waals surface area contributed by atoms with Gasteiger partial charge in [-0.3, -0.25) is 0 Å². The van der Waals surface area contributed by atoms with E-state index >= 15 is 0 Å². The van der Waals surface area contributed by atoms with Gasteiger partial charge in [-0.2, -0.15) is 0 Å². The summed E-state index contributed by atoms with van der Waals surface area (Å²) in [7, 11) is 0. The average Bonchev–Trinajstić information content (AvgIpc) is 2.49. The minimum Gasteiger partial charge on any atom is -0.392 e. The minimum absolute atomic E-state index is 0.337. The van der Waals surface area contributed by atoms with Crippen molar-refractivity contribution in [3.63, 3.8) is 0 Å². The smallest absolute Gasteiger partial charge is 0.114 e. The number of aromatic nitrogens is 3. The Hall–Kier alpha value is -0.910. The van der Waals surface area contributed by atoms with Crippen LogP contribution in [0.2, 0.25) is 10.0 Å². The van der Waals surface area contributed by atoms with E-state index in [0.717, 1.165) is 5.52 Å². The van der Waals surface area contributed by atoms with Crippen LogP contribution < -0.4 is 5.73 Å². The lowest BCUT2D eigenvalue weighted by atomic mass is 10.3. The van der Waals surface area contributed by atoms with Gasteiger partial charge in [-0.25, -0.2) is 4.68 Å². The third-order valence-electron chi connectivity index (χ3n) is 1.86. The molecule has 1 aromatic heterocycles. The maximum absolute atomic E-state index is 5.89. The maximum atomic E-state index is 5.89. The van der Waals surface area contributed by atoms with E-state index in [0.29, 0.717) is 27.1 Å². The van der Waals surface area contributed by atoms with E-state index in [4.69, 9.17) is 41.2 Å². The number of hydrogen-bond donors (Lipinski definition) is 1. The van der Waals surface area contributed by atoms with Crippen LogP contribution in [-0.4, -0.2) is 20.0 Å². The van der Waals surface area contributed by atoms with Crippen molar-refractivity contribution in [1.29, 1.82) is 0 Å². The Morgan fingerprint density at radius 3 is 2.73 bits per heavy atom. The zero-order valence-corrected chi connectivity index (χ0v) is 9.77. The van der Waals surface area contributed by atoms with Gasteiger partial charge >= 0.3 is 0 Å². The van der Waals surface area contributed by atoms with Crippen LogP contribution in [0.3, 0.4) is 0 Å². The molecular formula is C8H6Cl2N4S. The monoisotopic (exact) mass is 260 g/mol. The molecule has 0 fully saturated rings. The molecule has 15 heavy (non-hydrogen) atoms. The fourth-order valence-electron chi connectivity index (χ4n) is 1.23. The summed E-state index contributed by atoms with van der Waals surface area (Å²) in [6.07, 6.45) is 0. The standard InChI is InChI=1S/C8H6Cl2N4S/c9-4-1-6-7(2-5(4)10)14(13-12-6)3-8(11)15/h1-2H,3H2,(H2,11,15). The first-order valence-corrected chi connectivity index (χ1v) is 5.21. The zero-order valence-electron chi connectivity index (χ0n) is 7.44.